The van der Waals surface area contributed by atoms with Gasteiger partial charge in [-0.15, -0.1) is 0 Å². The average molecular weight is 651 g/mol. The number of nitro groups is 2. The van der Waals surface area contributed by atoms with Crippen LogP contribution >= 0.6 is 0 Å². The Balaban J connectivity index is 1.86. The van der Waals surface area contributed by atoms with Gasteiger partial charge in [-0.2, -0.15) is 0 Å². The quantitative estimate of drug-likeness (QED) is 0.111. The summed E-state index contributed by atoms with van der Waals surface area (Å²) in [6.45, 7) is 2.44. The molecular formula is C27H26N2O17. The standard InChI is InChI=1S/C27H26N2O17/c1-13(30)41-21-22(42-14(2)31)24(43-15(3)32)26(46-23(21)25(33)39-4)45-20-10-5-16(11-19(20)29(37)38)12-40-27(34)44-18-8-6-17(7-9-18)28(35)36/h5-11,21-24,26H,12H2,1-4H3/t21-,22-,23-,24+,26+/m0/s1. The zero-order valence-electron chi connectivity index (χ0n) is 24.5. The summed E-state index contributed by atoms with van der Waals surface area (Å²) in [4.78, 5) is 81.7. The molecule has 1 heterocycles. The summed E-state index contributed by atoms with van der Waals surface area (Å²) in [6, 6.07) is 7.85. The van der Waals surface area contributed by atoms with E-state index in [2.05, 4.69) is 0 Å². The Morgan fingerprint density at radius 2 is 1.39 bits per heavy atom. The van der Waals surface area contributed by atoms with Gasteiger partial charge in [0, 0.05) is 39.0 Å². The molecule has 2 aromatic carbocycles. The minimum Gasteiger partial charge on any atom is -0.467 e. The van der Waals surface area contributed by atoms with Gasteiger partial charge in [0.2, 0.25) is 12.4 Å². The van der Waals surface area contributed by atoms with E-state index in [1.54, 1.807) is 0 Å². The van der Waals surface area contributed by atoms with Gasteiger partial charge in [-0.05, 0) is 23.8 Å². The second-order valence-electron chi connectivity index (χ2n) is 9.24. The number of nitro benzene ring substituents is 2. The zero-order valence-corrected chi connectivity index (χ0v) is 24.5. The molecular weight excluding hydrogens is 624 g/mol. The van der Waals surface area contributed by atoms with Crippen LogP contribution in [0.25, 0.3) is 0 Å². The van der Waals surface area contributed by atoms with Gasteiger partial charge < -0.3 is 37.9 Å². The summed E-state index contributed by atoms with van der Waals surface area (Å²) in [5.41, 5.74) is -0.850. The van der Waals surface area contributed by atoms with Crippen LogP contribution in [0.3, 0.4) is 0 Å². The Labute approximate surface area is 258 Å². The number of carbonyl (C=O) groups excluding carboxylic acids is 5. The van der Waals surface area contributed by atoms with E-state index < -0.39 is 88.6 Å². The number of nitrogens with zero attached hydrogens (tertiary/aromatic N) is 2. The summed E-state index contributed by atoms with van der Waals surface area (Å²) < 4.78 is 41.5. The van der Waals surface area contributed by atoms with Crippen molar-refractivity contribution in [2.45, 2.75) is 58.1 Å². The lowest BCUT2D eigenvalue weighted by Crippen LogP contribution is -2.64. The summed E-state index contributed by atoms with van der Waals surface area (Å²) in [7, 11) is 0.985. The molecule has 1 fully saturated rings. The number of hydrogen-bond acceptors (Lipinski definition) is 17. The van der Waals surface area contributed by atoms with Crippen LogP contribution in [0.15, 0.2) is 42.5 Å². The van der Waals surface area contributed by atoms with Crippen molar-refractivity contribution in [1.82, 2.24) is 0 Å². The SMILES string of the molecule is COC(=O)[C@H]1O[C@@H](Oc2ccc(COC(=O)Oc3ccc([N+](=O)[O-])cc3)cc2[N+](=O)[O-])[C@H](OC(C)=O)[C@@H](OC(C)=O)[C@@H]1OC(C)=O. The molecule has 1 aliphatic heterocycles. The molecule has 246 valence electrons. The molecule has 46 heavy (non-hydrogen) atoms. The van der Waals surface area contributed by atoms with Gasteiger partial charge >= 0.3 is 35.7 Å². The molecule has 0 amide bonds. The van der Waals surface area contributed by atoms with E-state index in [9.17, 15) is 44.2 Å². The lowest BCUT2D eigenvalue weighted by atomic mass is 9.97. The number of carbonyl (C=O) groups is 5. The van der Waals surface area contributed by atoms with Crippen LogP contribution in [0.1, 0.15) is 26.3 Å². The van der Waals surface area contributed by atoms with Crippen LogP contribution in [0, 0.1) is 20.2 Å². The van der Waals surface area contributed by atoms with E-state index in [1.807, 2.05) is 0 Å². The van der Waals surface area contributed by atoms with Crippen LogP contribution in [0.5, 0.6) is 11.5 Å². The van der Waals surface area contributed by atoms with E-state index in [0.29, 0.717) is 0 Å². The van der Waals surface area contributed by atoms with Gasteiger partial charge in [-0.1, -0.05) is 6.07 Å². The van der Waals surface area contributed by atoms with Crippen LogP contribution < -0.4 is 9.47 Å². The average Bonchev–Trinajstić information content (AvgIpc) is 2.98. The number of non-ortho nitro benzene ring substituents is 1. The Morgan fingerprint density at radius 3 is 1.93 bits per heavy atom. The Bertz CT molecular complexity index is 1510. The molecule has 0 aromatic heterocycles. The lowest BCUT2D eigenvalue weighted by molar-refractivity contribution is -0.387. The van der Waals surface area contributed by atoms with Gasteiger partial charge in [0.1, 0.15) is 12.4 Å². The first-order valence-electron chi connectivity index (χ1n) is 13.0. The molecule has 0 saturated carbocycles. The first-order valence-corrected chi connectivity index (χ1v) is 13.0. The predicted molar refractivity (Wildman–Crippen MR) is 145 cm³/mol. The first kappa shape index (κ1) is 34.6. The third kappa shape index (κ3) is 9.08. The molecule has 0 aliphatic carbocycles. The Hall–Kier alpha value is -5.85. The van der Waals surface area contributed by atoms with Crippen molar-refractivity contribution in [1.29, 1.82) is 0 Å². The zero-order chi connectivity index (χ0) is 34.1. The molecule has 0 radical (unpaired) electrons. The number of ether oxygens (including phenoxy) is 8. The smallest absolute Gasteiger partial charge is 0.467 e. The normalized spacial score (nSPS) is 20.3. The Morgan fingerprint density at radius 1 is 0.804 bits per heavy atom. The highest BCUT2D eigenvalue weighted by molar-refractivity contribution is 5.77. The predicted octanol–water partition coefficient (Wildman–Crippen LogP) is 2.29. The van der Waals surface area contributed by atoms with Crippen molar-refractivity contribution in [3.05, 3.63) is 68.3 Å². The molecule has 0 unspecified atom stereocenters. The third-order valence-corrected chi connectivity index (χ3v) is 5.90. The first-order chi connectivity index (χ1) is 21.7. The second kappa shape index (κ2) is 15.2. The fraction of sp³-hybridized carbons (Fsp3) is 0.370. The van der Waals surface area contributed by atoms with E-state index in [1.165, 1.54) is 6.07 Å². The fourth-order valence-electron chi connectivity index (χ4n) is 4.10. The number of hydrogen-bond donors (Lipinski definition) is 0. The van der Waals surface area contributed by atoms with Gasteiger partial charge in [-0.3, -0.25) is 34.6 Å². The van der Waals surface area contributed by atoms with Crippen LogP contribution in [0.2, 0.25) is 0 Å². The number of rotatable bonds is 11. The monoisotopic (exact) mass is 650 g/mol. The van der Waals surface area contributed by atoms with Gasteiger partial charge in [0.25, 0.3) is 5.69 Å². The molecule has 1 aliphatic rings. The second-order valence-corrected chi connectivity index (χ2v) is 9.24. The summed E-state index contributed by atoms with van der Waals surface area (Å²) in [6.07, 6.45) is -9.97. The minimum absolute atomic E-state index is 0.0617. The molecule has 0 spiro atoms. The van der Waals surface area contributed by atoms with Crippen LogP contribution in [0.4, 0.5) is 16.2 Å². The van der Waals surface area contributed by atoms with Crippen molar-refractivity contribution in [2.24, 2.45) is 0 Å². The fourth-order valence-corrected chi connectivity index (χ4v) is 4.10. The highest BCUT2D eigenvalue weighted by Crippen LogP contribution is 2.35. The molecule has 5 atom stereocenters. The van der Waals surface area contributed by atoms with Gasteiger partial charge in [-0.25, -0.2) is 9.59 Å². The van der Waals surface area contributed by atoms with Crippen molar-refractivity contribution >= 4 is 41.4 Å². The van der Waals surface area contributed by atoms with Gasteiger partial charge in [0.15, 0.2) is 24.1 Å². The largest absolute Gasteiger partial charge is 0.514 e. The number of methoxy groups -OCH3 is 1. The van der Waals surface area contributed by atoms with Crippen molar-refractivity contribution in [2.75, 3.05) is 7.11 Å². The molecule has 3 rings (SSSR count). The van der Waals surface area contributed by atoms with E-state index >= 15 is 0 Å². The summed E-state index contributed by atoms with van der Waals surface area (Å²) in [5.74, 6) is -4.47. The van der Waals surface area contributed by atoms with Crippen LogP contribution in [-0.2, 0) is 54.2 Å². The molecule has 19 heteroatoms. The lowest BCUT2D eigenvalue weighted by Gasteiger charge is -2.42. The number of esters is 4. The van der Waals surface area contributed by atoms with Crippen molar-refractivity contribution < 1.29 is 71.7 Å². The molecule has 0 bridgehead atoms. The van der Waals surface area contributed by atoms with Gasteiger partial charge in [0.05, 0.1) is 17.0 Å². The molecule has 1 saturated heterocycles. The maximum absolute atomic E-state index is 12.6. The third-order valence-electron chi connectivity index (χ3n) is 5.90. The molecule has 19 nitrogen and oxygen atoms in total. The van der Waals surface area contributed by atoms with E-state index in [0.717, 1.165) is 64.3 Å². The topological polar surface area (TPSA) is 245 Å². The molecule has 0 N–H and O–H groups in total. The maximum atomic E-state index is 12.6. The summed E-state index contributed by atoms with van der Waals surface area (Å²) in [5, 5.41) is 22.7. The maximum Gasteiger partial charge on any atom is 0.514 e. The van der Waals surface area contributed by atoms with E-state index in [4.69, 9.17) is 37.9 Å². The highest BCUT2D eigenvalue weighted by atomic mass is 16.7. The summed E-state index contributed by atoms with van der Waals surface area (Å²) >= 11 is 0. The highest BCUT2D eigenvalue weighted by Gasteiger charge is 2.56. The molecule has 2 aromatic rings. The Kier molecular flexibility index (Phi) is 11.5. The van der Waals surface area contributed by atoms with E-state index in [-0.39, 0.29) is 17.0 Å². The number of benzene rings is 2. The minimum atomic E-state index is -1.86. The van der Waals surface area contributed by atoms with Crippen molar-refractivity contribution in [3.63, 3.8) is 0 Å². The van der Waals surface area contributed by atoms with Crippen LogP contribution in [-0.4, -0.2) is 77.7 Å². The van der Waals surface area contributed by atoms with Crippen molar-refractivity contribution in [3.8, 4) is 11.5 Å².